The number of hydrogen-bond donors (Lipinski definition) is 3. The molecule has 0 atom stereocenters. The standard InChI is InChI=1S/C23H27N5O4/c29-18-5-7-28(8-6-18)20-13-17(27-9-11-31-12-10-27)1-2-19(20)26-23(30)22-4-3-21(32-22)16-14-24-25-15-16/h1-4,13-15,18,29H,5-12H2,(H,24,25)(H,26,30). The maximum atomic E-state index is 13.0. The number of anilines is 3. The Balaban J connectivity index is 1.39. The Kier molecular flexibility index (Phi) is 5.83. The lowest BCUT2D eigenvalue weighted by Gasteiger charge is -2.35. The highest BCUT2D eigenvalue weighted by molar-refractivity contribution is 6.04. The van der Waals surface area contributed by atoms with E-state index in [4.69, 9.17) is 9.15 Å². The molecule has 2 saturated heterocycles. The Morgan fingerprint density at radius 1 is 1.09 bits per heavy atom. The molecular formula is C23H27N5O4. The lowest BCUT2D eigenvalue weighted by molar-refractivity contribution is 0.0997. The molecule has 0 saturated carbocycles. The van der Waals surface area contributed by atoms with Gasteiger partial charge in [-0.15, -0.1) is 0 Å². The first-order chi connectivity index (χ1) is 15.7. The third kappa shape index (κ3) is 4.35. The van der Waals surface area contributed by atoms with Gasteiger partial charge in [0, 0.05) is 38.1 Å². The summed E-state index contributed by atoms with van der Waals surface area (Å²) in [4.78, 5) is 17.5. The van der Waals surface area contributed by atoms with Crippen LogP contribution in [0.4, 0.5) is 17.1 Å². The van der Waals surface area contributed by atoms with Gasteiger partial charge in [0.05, 0.1) is 42.5 Å². The van der Waals surface area contributed by atoms with Crippen molar-refractivity contribution in [3.8, 4) is 11.3 Å². The van der Waals surface area contributed by atoms with Gasteiger partial charge < -0.3 is 29.4 Å². The predicted molar refractivity (Wildman–Crippen MR) is 121 cm³/mol. The number of furan rings is 1. The maximum Gasteiger partial charge on any atom is 0.291 e. The van der Waals surface area contributed by atoms with Gasteiger partial charge in [-0.05, 0) is 43.2 Å². The molecule has 32 heavy (non-hydrogen) atoms. The second-order valence-corrected chi connectivity index (χ2v) is 8.12. The highest BCUT2D eigenvalue weighted by Crippen LogP contribution is 2.34. The van der Waals surface area contributed by atoms with Crippen LogP contribution in [0.3, 0.4) is 0 Å². The molecule has 4 heterocycles. The first-order valence-corrected chi connectivity index (χ1v) is 11.0. The number of H-pyrrole nitrogens is 1. The van der Waals surface area contributed by atoms with Gasteiger partial charge in [-0.3, -0.25) is 9.89 Å². The number of piperidine rings is 1. The molecule has 168 valence electrons. The van der Waals surface area contributed by atoms with Gasteiger partial charge >= 0.3 is 0 Å². The molecule has 9 heteroatoms. The fourth-order valence-corrected chi connectivity index (χ4v) is 4.20. The largest absolute Gasteiger partial charge is 0.451 e. The number of hydrogen-bond acceptors (Lipinski definition) is 7. The van der Waals surface area contributed by atoms with Crippen LogP contribution in [0.2, 0.25) is 0 Å². The maximum absolute atomic E-state index is 13.0. The number of nitrogens with zero attached hydrogens (tertiary/aromatic N) is 3. The predicted octanol–water partition coefficient (Wildman–Crippen LogP) is 2.72. The van der Waals surface area contributed by atoms with E-state index < -0.39 is 0 Å². The van der Waals surface area contributed by atoms with Crippen LogP contribution in [0, 0.1) is 0 Å². The third-order valence-corrected chi connectivity index (χ3v) is 6.02. The Labute approximate surface area is 186 Å². The number of nitrogens with one attached hydrogen (secondary N) is 2. The zero-order chi connectivity index (χ0) is 21.9. The van der Waals surface area contributed by atoms with Gasteiger partial charge in [-0.25, -0.2) is 0 Å². The molecule has 0 spiro atoms. The van der Waals surface area contributed by atoms with E-state index in [9.17, 15) is 9.90 Å². The summed E-state index contributed by atoms with van der Waals surface area (Å²) in [7, 11) is 0. The van der Waals surface area contributed by atoms with Crippen LogP contribution in [-0.4, -0.2) is 66.7 Å². The Bertz CT molecular complexity index is 1050. The number of carbonyl (C=O) groups is 1. The molecule has 5 rings (SSSR count). The molecule has 0 radical (unpaired) electrons. The van der Waals surface area contributed by atoms with E-state index in [1.54, 1.807) is 24.5 Å². The van der Waals surface area contributed by atoms with Crippen molar-refractivity contribution in [3.05, 3.63) is 48.5 Å². The number of morpholine rings is 1. The lowest BCUT2D eigenvalue weighted by atomic mass is 10.1. The van der Waals surface area contributed by atoms with E-state index >= 15 is 0 Å². The SMILES string of the molecule is O=C(Nc1ccc(N2CCOCC2)cc1N1CCC(O)CC1)c1ccc(-c2cn[nH]c2)o1. The van der Waals surface area contributed by atoms with Crippen molar-refractivity contribution in [3.63, 3.8) is 0 Å². The number of benzene rings is 1. The minimum Gasteiger partial charge on any atom is -0.451 e. The average Bonchev–Trinajstić information content (AvgIpc) is 3.53. The summed E-state index contributed by atoms with van der Waals surface area (Å²) in [6.45, 7) is 4.58. The molecule has 0 unspecified atom stereocenters. The Hall–Kier alpha value is -3.30. The van der Waals surface area contributed by atoms with E-state index in [0.717, 1.165) is 48.8 Å². The van der Waals surface area contributed by atoms with Crippen molar-refractivity contribution in [2.24, 2.45) is 0 Å². The van der Waals surface area contributed by atoms with Crippen LogP contribution in [0.1, 0.15) is 23.4 Å². The number of carbonyl (C=O) groups excluding carboxylic acids is 1. The second-order valence-electron chi connectivity index (χ2n) is 8.12. The average molecular weight is 438 g/mol. The molecule has 2 aliphatic heterocycles. The van der Waals surface area contributed by atoms with Crippen molar-refractivity contribution in [1.82, 2.24) is 10.2 Å². The van der Waals surface area contributed by atoms with Gasteiger partial charge in [0.15, 0.2) is 5.76 Å². The van der Waals surface area contributed by atoms with Crippen LogP contribution in [-0.2, 0) is 4.74 Å². The number of rotatable bonds is 5. The normalized spacial score (nSPS) is 17.5. The number of aromatic nitrogens is 2. The highest BCUT2D eigenvalue weighted by atomic mass is 16.5. The fraction of sp³-hybridized carbons (Fsp3) is 0.391. The Morgan fingerprint density at radius 3 is 2.66 bits per heavy atom. The fourth-order valence-electron chi connectivity index (χ4n) is 4.20. The number of ether oxygens (including phenoxy) is 1. The first-order valence-electron chi connectivity index (χ1n) is 11.0. The van der Waals surface area contributed by atoms with Gasteiger partial charge in [0.1, 0.15) is 5.76 Å². The van der Waals surface area contributed by atoms with E-state index in [-0.39, 0.29) is 17.8 Å². The second kappa shape index (κ2) is 9.05. The first kappa shape index (κ1) is 20.6. The quantitative estimate of drug-likeness (QED) is 0.563. The monoisotopic (exact) mass is 437 g/mol. The summed E-state index contributed by atoms with van der Waals surface area (Å²) in [6.07, 6.45) is 4.51. The van der Waals surface area contributed by atoms with Gasteiger partial charge in [-0.1, -0.05) is 0 Å². The van der Waals surface area contributed by atoms with Crippen LogP contribution >= 0.6 is 0 Å². The number of aliphatic hydroxyl groups excluding tert-OH is 1. The molecule has 2 fully saturated rings. The van der Waals surface area contributed by atoms with Crippen LogP contribution in [0.25, 0.3) is 11.3 Å². The summed E-state index contributed by atoms with van der Waals surface area (Å²) in [5.41, 5.74) is 3.57. The molecule has 2 aromatic heterocycles. The molecule has 0 bridgehead atoms. The minimum atomic E-state index is -0.308. The highest BCUT2D eigenvalue weighted by Gasteiger charge is 2.23. The van der Waals surface area contributed by atoms with Crippen LogP contribution in [0.5, 0.6) is 0 Å². The zero-order valence-corrected chi connectivity index (χ0v) is 17.8. The van der Waals surface area contributed by atoms with Crippen molar-refractivity contribution in [2.75, 3.05) is 54.5 Å². The Morgan fingerprint density at radius 2 is 1.91 bits per heavy atom. The number of aliphatic hydroxyl groups is 1. The number of amides is 1. The summed E-state index contributed by atoms with van der Waals surface area (Å²) < 4.78 is 11.2. The summed E-state index contributed by atoms with van der Waals surface area (Å²) in [6, 6.07) is 9.52. The molecular weight excluding hydrogens is 410 g/mol. The molecule has 3 aromatic rings. The van der Waals surface area contributed by atoms with E-state index in [1.165, 1.54) is 0 Å². The van der Waals surface area contributed by atoms with Crippen molar-refractivity contribution < 1.29 is 19.1 Å². The molecule has 1 amide bonds. The van der Waals surface area contributed by atoms with Crippen LogP contribution < -0.4 is 15.1 Å². The molecule has 2 aliphatic rings. The summed E-state index contributed by atoms with van der Waals surface area (Å²) in [5, 5.41) is 19.6. The topological polar surface area (TPSA) is 107 Å². The minimum absolute atomic E-state index is 0.235. The third-order valence-electron chi connectivity index (χ3n) is 6.02. The van der Waals surface area contributed by atoms with Crippen molar-refractivity contribution >= 4 is 23.0 Å². The molecule has 1 aromatic carbocycles. The lowest BCUT2D eigenvalue weighted by Crippen LogP contribution is -2.38. The summed E-state index contributed by atoms with van der Waals surface area (Å²) >= 11 is 0. The van der Waals surface area contributed by atoms with Gasteiger partial charge in [0.2, 0.25) is 0 Å². The van der Waals surface area contributed by atoms with Crippen molar-refractivity contribution in [2.45, 2.75) is 18.9 Å². The summed E-state index contributed by atoms with van der Waals surface area (Å²) in [5.74, 6) is 0.507. The molecule has 0 aliphatic carbocycles. The van der Waals surface area contributed by atoms with Crippen LogP contribution in [0.15, 0.2) is 47.1 Å². The zero-order valence-electron chi connectivity index (χ0n) is 17.8. The van der Waals surface area contributed by atoms with E-state index in [1.807, 2.05) is 12.1 Å². The van der Waals surface area contributed by atoms with E-state index in [2.05, 4.69) is 31.4 Å². The van der Waals surface area contributed by atoms with Gasteiger partial charge in [-0.2, -0.15) is 5.10 Å². The van der Waals surface area contributed by atoms with Gasteiger partial charge in [0.25, 0.3) is 5.91 Å². The molecule has 3 N–H and O–H groups in total. The van der Waals surface area contributed by atoms with E-state index in [0.29, 0.717) is 31.8 Å². The smallest absolute Gasteiger partial charge is 0.291 e. The number of aromatic amines is 1. The molecule has 9 nitrogen and oxygen atoms in total. The van der Waals surface area contributed by atoms with Crippen molar-refractivity contribution in [1.29, 1.82) is 0 Å².